The van der Waals surface area contributed by atoms with Gasteiger partial charge < -0.3 is 19.5 Å². The van der Waals surface area contributed by atoms with Gasteiger partial charge in [-0.05, 0) is 36.4 Å². The second-order valence-corrected chi connectivity index (χ2v) is 7.53. The van der Waals surface area contributed by atoms with Crippen LogP contribution in [0.15, 0.2) is 35.7 Å². The van der Waals surface area contributed by atoms with E-state index < -0.39 is 0 Å². The minimum atomic E-state index is -0.0759. The number of hydrogen-bond acceptors (Lipinski definition) is 6. The lowest BCUT2D eigenvalue weighted by atomic mass is 10.2. The van der Waals surface area contributed by atoms with E-state index in [-0.39, 0.29) is 12.0 Å². The third kappa shape index (κ3) is 5.69. The standard InChI is InChI=1S/C20H26N2O4S/c1-24-15-7-8-18(19(11-15)25-2)21-20(23)14-22(12-16-5-3-9-26-16)13-17-6-4-10-27-17/h4,6-8,10-11,16H,3,5,9,12-14H2,1-2H3,(H,21,23)/t16-/m1/s1. The lowest BCUT2D eigenvalue weighted by Crippen LogP contribution is -2.37. The van der Waals surface area contributed by atoms with Gasteiger partial charge in [-0.15, -0.1) is 11.3 Å². The van der Waals surface area contributed by atoms with Crippen LogP contribution < -0.4 is 14.8 Å². The van der Waals surface area contributed by atoms with Gasteiger partial charge in [-0.2, -0.15) is 0 Å². The number of ether oxygens (including phenoxy) is 3. The van der Waals surface area contributed by atoms with Crippen molar-refractivity contribution in [3.63, 3.8) is 0 Å². The van der Waals surface area contributed by atoms with Crippen LogP contribution in [0.5, 0.6) is 11.5 Å². The van der Waals surface area contributed by atoms with Gasteiger partial charge in [0.05, 0.1) is 32.6 Å². The zero-order valence-electron chi connectivity index (χ0n) is 15.8. The third-order valence-electron chi connectivity index (χ3n) is 4.50. The van der Waals surface area contributed by atoms with Crippen LogP contribution in [0, 0.1) is 0 Å². The molecule has 1 atom stereocenters. The molecule has 1 fully saturated rings. The Morgan fingerprint density at radius 1 is 1.33 bits per heavy atom. The van der Waals surface area contributed by atoms with E-state index in [0.717, 1.165) is 32.5 Å². The summed E-state index contributed by atoms with van der Waals surface area (Å²) in [4.78, 5) is 16.1. The summed E-state index contributed by atoms with van der Waals surface area (Å²) >= 11 is 1.70. The second kappa shape index (κ2) is 9.73. The number of amides is 1. The van der Waals surface area contributed by atoms with Crippen molar-refractivity contribution < 1.29 is 19.0 Å². The molecule has 0 saturated carbocycles. The van der Waals surface area contributed by atoms with Crippen LogP contribution in [-0.4, -0.2) is 50.8 Å². The highest BCUT2D eigenvalue weighted by atomic mass is 32.1. The molecule has 3 rings (SSSR count). The Morgan fingerprint density at radius 3 is 2.89 bits per heavy atom. The van der Waals surface area contributed by atoms with E-state index in [0.29, 0.717) is 23.7 Å². The van der Waals surface area contributed by atoms with Crippen molar-refractivity contribution in [1.29, 1.82) is 0 Å². The number of thiophene rings is 1. The Bertz CT molecular complexity index is 730. The molecule has 0 radical (unpaired) electrons. The number of benzene rings is 1. The molecule has 1 aromatic carbocycles. The largest absolute Gasteiger partial charge is 0.497 e. The quantitative estimate of drug-likeness (QED) is 0.711. The van der Waals surface area contributed by atoms with Crippen molar-refractivity contribution in [3.05, 3.63) is 40.6 Å². The molecule has 1 aliphatic heterocycles. The van der Waals surface area contributed by atoms with E-state index in [1.165, 1.54) is 4.88 Å². The first-order valence-corrected chi connectivity index (χ1v) is 9.94. The summed E-state index contributed by atoms with van der Waals surface area (Å²) in [6.07, 6.45) is 2.34. The molecule has 0 bridgehead atoms. The van der Waals surface area contributed by atoms with Gasteiger partial charge in [0.25, 0.3) is 0 Å². The highest BCUT2D eigenvalue weighted by Crippen LogP contribution is 2.29. The summed E-state index contributed by atoms with van der Waals surface area (Å²) in [5, 5.41) is 5.01. The molecule has 0 unspecified atom stereocenters. The number of methoxy groups -OCH3 is 2. The fraction of sp³-hybridized carbons (Fsp3) is 0.450. The second-order valence-electron chi connectivity index (χ2n) is 6.50. The zero-order valence-corrected chi connectivity index (χ0v) is 16.6. The predicted molar refractivity (Wildman–Crippen MR) is 107 cm³/mol. The van der Waals surface area contributed by atoms with Gasteiger partial charge in [0.1, 0.15) is 11.5 Å². The lowest BCUT2D eigenvalue weighted by molar-refractivity contribution is -0.117. The van der Waals surface area contributed by atoms with Crippen LogP contribution in [0.3, 0.4) is 0 Å². The normalized spacial score (nSPS) is 16.5. The fourth-order valence-corrected chi connectivity index (χ4v) is 3.93. The number of anilines is 1. The van der Waals surface area contributed by atoms with Crippen LogP contribution >= 0.6 is 11.3 Å². The van der Waals surface area contributed by atoms with Crippen LogP contribution in [0.4, 0.5) is 5.69 Å². The van der Waals surface area contributed by atoms with E-state index in [9.17, 15) is 4.79 Å². The van der Waals surface area contributed by atoms with Crippen LogP contribution in [0.25, 0.3) is 0 Å². The molecule has 7 heteroatoms. The molecule has 0 spiro atoms. The number of rotatable bonds is 9. The maximum Gasteiger partial charge on any atom is 0.238 e. The maximum atomic E-state index is 12.7. The van der Waals surface area contributed by atoms with Gasteiger partial charge in [-0.25, -0.2) is 0 Å². The number of nitrogens with one attached hydrogen (secondary N) is 1. The summed E-state index contributed by atoms with van der Waals surface area (Å²) in [6.45, 7) is 2.61. The number of hydrogen-bond donors (Lipinski definition) is 1. The van der Waals surface area contributed by atoms with Crippen molar-refractivity contribution in [2.24, 2.45) is 0 Å². The molecule has 1 aliphatic rings. The fourth-order valence-electron chi connectivity index (χ4n) is 3.18. The molecular formula is C20H26N2O4S. The first kappa shape index (κ1) is 19.7. The first-order chi connectivity index (χ1) is 13.2. The molecule has 1 aromatic heterocycles. The predicted octanol–water partition coefficient (Wildman–Crippen LogP) is 3.39. The van der Waals surface area contributed by atoms with Gasteiger partial charge in [0.15, 0.2) is 0 Å². The highest BCUT2D eigenvalue weighted by Gasteiger charge is 2.21. The average molecular weight is 391 g/mol. The van der Waals surface area contributed by atoms with Gasteiger partial charge in [-0.1, -0.05) is 6.07 Å². The van der Waals surface area contributed by atoms with E-state index in [4.69, 9.17) is 14.2 Å². The highest BCUT2D eigenvalue weighted by molar-refractivity contribution is 7.09. The van der Waals surface area contributed by atoms with Crippen molar-refractivity contribution in [3.8, 4) is 11.5 Å². The Hall–Kier alpha value is -2.09. The van der Waals surface area contributed by atoms with Gasteiger partial charge in [-0.3, -0.25) is 9.69 Å². The molecule has 0 aliphatic carbocycles. The molecule has 2 aromatic rings. The summed E-state index contributed by atoms with van der Waals surface area (Å²) in [6, 6.07) is 9.47. The van der Waals surface area contributed by atoms with E-state index in [2.05, 4.69) is 21.7 Å². The van der Waals surface area contributed by atoms with Gasteiger partial charge in [0, 0.05) is 30.6 Å². The Balaban J connectivity index is 1.64. The third-order valence-corrected chi connectivity index (χ3v) is 5.36. The van der Waals surface area contributed by atoms with Crippen molar-refractivity contribution in [1.82, 2.24) is 4.90 Å². The van der Waals surface area contributed by atoms with E-state index in [1.54, 1.807) is 43.8 Å². The zero-order chi connectivity index (χ0) is 19.1. The van der Waals surface area contributed by atoms with E-state index in [1.807, 2.05) is 6.07 Å². The molecule has 2 heterocycles. The average Bonchev–Trinajstić information content (AvgIpc) is 3.36. The Morgan fingerprint density at radius 2 is 2.22 bits per heavy atom. The van der Waals surface area contributed by atoms with Crippen LogP contribution in [0.1, 0.15) is 17.7 Å². The Kier molecular flexibility index (Phi) is 7.09. The van der Waals surface area contributed by atoms with Crippen molar-refractivity contribution in [2.75, 3.05) is 39.2 Å². The molecule has 1 saturated heterocycles. The monoisotopic (exact) mass is 390 g/mol. The lowest BCUT2D eigenvalue weighted by Gasteiger charge is -2.24. The van der Waals surface area contributed by atoms with E-state index >= 15 is 0 Å². The van der Waals surface area contributed by atoms with Crippen molar-refractivity contribution >= 4 is 22.9 Å². The maximum absolute atomic E-state index is 12.7. The molecule has 146 valence electrons. The molecule has 27 heavy (non-hydrogen) atoms. The summed E-state index contributed by atoms with van der Waals surface area (Å²) in [5.41, 5.74) is 0.636. The minimum Gasteiger partial charge on any atom is -0.497 e. The topological polar surface area (TPSA) is 60.0 Å². The molecule has 1 amide bonds. The molecular weight excluding hydrogens is 364 g/mol. The number of nitrogens with zero attached hydrogens (tertiary/aromatic N) is 1. The SMILES string of the molecule is COc1ccc(NC(=O)CN(Cc2cccs2)C[C@H]2CCCO2)c(OC)c1. The summed E-state index contributed by atoms with van der Waals surface area (Å²) in [5.74, 6) is 1.18. The smallest absolute Gasteiger partial charge is 0.238 e. The minimum absolute atomic E-state index is 0.0759. The van der Waals surface area contributed by atoms with Crippen LogP contribution in [-0.2, 0) is 16.1 Å². The number of carbonyl (C=O) groups excluding carboxylic acids is 1. The summed E-state index contributed by atoms with van der Waals surface area (Å²) in [7, 11) is 3.17. The first-order valence-electron chi connectivity index (χ1n) is 9.06. The van der Waals surface area contributed by atoms with Crippen LogP contribution in [0.2, 0.25) is 0 Å². The van der Waals surface area contributed by atoms with Crippen molar-refractivity contribution in [2.45, 2.75) is 25.5 Å². The Labute approximate surface area is 164 Å². The van der Waals surface area contributed by atoms with Gasteiger partial charge >= 0.3 is 0 Å². The van der Waals surface area contributed by atoms with Gasteiger partial charge in [0.2, 0.25) is 5.91 Å². The molecule has 1 N–H and O–H groups in total. The molecule has 6 nitrogen and oxygen atoms in total. The summed E-state index contributed by atoms with van der Waals surface area (Å²) < 4.78 is 16.3. The number of carbonyl (C=O) groups is 1.